The summed E-state index contributed by atoms with van der Waals surface area (Å²) >= 11 is 0. The smallest absolute Gasteiger partial charge is 0.306 e. The highest BCUT2D eigenvalue weighted by Crippen LogP contribution is 2.71. The van der Waals surface area contributed by atoms with Gasteiger partial charge in [0.1, 0.15) is 5.78 Å². The summed E-state index contributed by atoms with van der Waals surface area (Å²) in [6.07, 6.45) is 2.40. The number of hydrogen-bond donors (Lipinski definition) is 4. The van der Waals surface area contributed by atoms with Gasteiger partial charge in [-0.05, 0) is 60.7 Å². The van der Waals surface area contributed by atoms with E-state index in [2.05, 4.69) is 20.8 Å². The largest absolute Gasteiger partial charge is 0.481 e. The second-order valence-electron chi connectivity index (χ2n) is 13.8. The Morgan fingerprint density at radius 3 is 2.27 bits per heavy atom. The first-order valence-electron chi connectivity index (χ1n) is 14.1. The first-order chi connectivity index (χ1) is 17.1. The first-order valence-corrected chi connectivity index (χ1v) is 14.1. The van der Waals surface area contributed by atoms with Gasteiger partial charge in [0.25, 0.3) is 0 Å². The number of carboxylic acid groups (broad SMARTS) is 1. The third kappa shape index (κ3) is 3.89. The van der Waals surface area contributed by atoms with Crippen molar-refractivity contribution in [2.45, 2.75) is 105 Å². The van der Waals surface area contributed by atoms with Crippen LogP contribution in [0.15, 0.2) is 11.1 Å². The lowest BCUT2D eigenvalue weighted by Gasteiger charge is -2.61. The molecule has 4 rings (SSSR count). The summed E-state index contributed by atoms with van der Waals surface area (Å²) in [6, 6.07) is 0. The number of carbonyl (C=O) groups excluding carboxylic acids is 2. The van der Waals surface area contributed by atoms with Crippen LogP contribution < -0.4 is 0 Å². The Morgan fingerprint density at radius 1 is 1.03 bits per heavy atom. The minimum Gasteiger partial charge on any atom is -0.481 e. The van der Waals surface area contributed by atoms with Gasteiger partial charge in [-0.1, -0.05) is 47.1 Å². The molecule has 0 aromatic heterocycles. The van der Waals surface area contributed by atoms with Gasteiger partial charge < -0.3 is 20.4 Å². The highest BCUT2D eigenvalue weighted by atomic mass is 16.4. The van der Waals surface area contributed by atoms with Gasteiger partial charge >= 0.3 is 5.97 Å². The molecule has 0 radical (unpaired) electrons. The van der Waals surface area contributed by atoms with Crippen molar-refractivity contribution in [1.29, 1.82) is 0 Å². The molecule has 2 saturated carbocycles. The summed E-state index contributed by atoms with van der Waals surface area (Å²) in [5.41, 5.74) is -0.377. The molecule has 0 aliphatic heterocycles. The van der Waals surface area contributed by atoms with Crippen LogP contribution in [0.3, 0.4) is 0 Å². The van der Waals surface area contributed by atoms with Gasteiger partial charge in [0.05, 0.1) is 24.7 Å². The standard InChI is InChI=1S/C30H46O7/c1-16(11-18(32)12-17(2)26(36)37)20-13-24(35)30(6)19-7-8-22-27(3,10-9-23(34)28(22,4)15-31)25(19)21(33)14-29(20,30)5/h16-17,20,22-24,31,34-35H,7-15H2,1-6H3,(H,36,37)/t16-,17?,20-,22-,23+,24+,27+,28-,29-,30-/m1/s1. The van der Waals surface area contributed by atoms with Gasteiger partial charge in [0, 0.05) is 35.7 Å². The van der Waals surface area contributed by atoms with Crippen molar-refractivity contribution in [3.8, 4) is 0 Å². The number of ketones is 2. The Bertz CT molecular complexity index is 1020. The molecule has 0 amide bonds. The zero-order valence-electron chi connectivity index (χ0n) is 23.3. The van der Waals surface area contributed by atoms with Gasteiger partial charge in [0.15, 0.2) is 5.78 Å². The lowest BCUT2D eigenvalue weighted by Crippen LogP contribution is -2.59. The molecule has 37 heavy (non-hydrogen) atoms. The van der Waals surface area contributed by atoms with E-state index in [-0.39, 0.29) is 48.8 Å². The summed E-state index contributed by atoms with van der Waals surface area (Å²) in [5.74, 6) is -1.84. The predicted octanol–water partition coefficient (Wildman–Crippen LogP) is 3.92. The summed E-state index contributed by atoms with van der Waals surface area (Å²) in [4.78, 5) is 38.0. The molecule has 1 unspecified atom stereocenters. The first kappa shape index (κ1) is 28.4. The molecule has 0 spiro atoms. The van der Waals surface area contributed by atoms with Crippen LogP contribution in [0.25, 0.3) is 0 Å². The number of carbonyl (C=O) groups is 3. The molecule has 0 bridgehead atoms. The lowest BCUT2D eigenvalue weighted by atomic mass is 9.42. The van der Waals surface area contributed by atoms with Crippen molar-refractivity contribution in [1.82, 2.24) is 0 Å². The van der Waals surface area contributed by atoms with Gasteiger partial charge in [-0.3, -0.25) is 14.4 Å². The van der Waals surface area contributed by atoms with Gasteiger partial charge in [0.2, 0.25) is 0 Å². The van der Waals surface area contributed by atoms with Gasteiger partial charge in [-0.25, -0.2) is 0 Å². The fourth-order valence-corrected chi connectivity index (χ4v) is 9.49. The fraction of sp³-hybridized carbons (Fsp3) is 0.833. The number of hydrogen-bond acceptors (Lipinski definition) is 6. The second kappa shape index (κ2) is 9.27. The Kier molecular flexibility index (Phi) is 7.12. The van der Waals surface area contributed by atoms with Crippen LogP contribution in [-0.4, -0.2) is 56.8 Å². The molecule has 2 fully saturated rings. The lowest BCUT2D eigenvalue weighted by molar-refractivity contribution is -0.144. The van der Waals surface area contributed by atoms with E-state index in [9.17, 15) is 34.8 Å². The molecule has 4 aliphatic carbocycles. The number of Topliss-reactive ketones (excluding diaryl/α,β-unsaturated/α-hetero) is 2. The van der Waals surface area contributed by atoms with Crippen LogP contribution >= 0.6 is 0 Å². The number of aliphatic hydroxyl groups excluding tert-OH is 3. The third-order valence-corrected chi connectivity index (χ3v) is 11.9. The number of aliphatic carboxylic acids is 1. The third-order valence-electron chi connectivity index (χ3n) is 11.9. The van der Waals surface area contributed by atoms with E-state index in [0.717, 1.165) is 17.6 Å². The molecule has 0 aromatic carbocycles. The Balaban J connectivity index is 1.70. The molecule has 7 heteroatoms. The average Bonchev–Trinajstić information content (AvgIpc) is 3.02. The van der Waals surface area contributed by atoms with E-state index in [1.165, 1.54) is 0 Å². The zero-order valence-corrected chi connectivity index (χ0v) is 23.3. The van der Waals surface area contributed by atoms with Crippen molar-refractivity contribution in [2.24, 2.45) is 45.3 Å². The van der Waals surface area contributed by atoms with Crippen LogP contribution in [0.5, 0.6) is 0 Å². The van der Waals surface area contributed by atoms with Gasteiger partial charge in [-0.2, -0.15) is 0 Å². The number of allylic oxidation sites excluding steroid dienone is 1. The summed E-state index contributed by atoms with van der Waals surface area (Å²) in [5, 5.41) is 41.9. The SMILES string of the molecule is CC(CC(=O)C[C@@H](C)[C@H]1C[C@H](O)[C@@]2(C)C3=C(C(=O)C[C@]12C)[C@@]1(C)CC[C@H](O)[C@](C)(CO)[C@@H]1CC3)C(=O)O. The monoisotopic (exact) mass is 518 g/mol. The topological polar surface area (TPSA) is 132 Å². The molecule has 0 saturated heterocycles. The van der Waals surface area contributed by atoms with Crippen LogP contribution in [0.4, 0.5) is 0 Å². The molecule has 4 N–H and O–H groups in total. The minimum atomic E-state index is -0.981. The molecular formula is C30H46O7. The number of fused-ring (bicyclic) bond motifs is 4. The predicted molar refractivity (Wildman–Crippen MR) is 138 cm³/mol. The van der Waals surface area contributed by atoms with E-state index in [1.807, 2.05) is 13.8 Å². The van der Waals surface area contributed by atoms with Crippen molar-refractivity contribution in [3.05, 3.63) is 11.1 Å². The molecule has 208 valence electrons. The van der Waals surface area contributed by atoms with Crippen LogP contribution in [0.2, 0.25) is 0 Å². The summed E-state index contributed by atoms with van der Waals surface area (Å²) in [6.45, 7) is 11.7. The number of carboxylic acids is 1. The normalized spacial score (nSPS) is 45.1. The maximum atomic E-state index is 14.1. The van der Waals surface area contributed by atoms with Crippen LogP contribution in [0.1, 0.15) is 92.9 Å². The highest BCUT2D eigenvalue weighted by molar-refractivity contribution is 6.00. The fourth-order valence-electron chi connectivity index (χ4n) is 9.49. The van der Waals surface area contributed by atoms with E-state index >= 15 is 0 Å². The zero-order chi connectivity index (χ0) is 27.7. The van der Waals surface area contributed by atoms with E-state index in [4.69, 9.17) is 0 Å². The molecule has 10 atom stereocenters. The molecular weight excluding hydrogens is 472 g/mol. The van der Waals surface area contributed by atoms with E-state index in [0.29, 0.717) is 32.1 Å². The maximum absolute atomic E-state index is 14.1. The molecule has 7 nitrogen and oxygen atoms in total. The number of aliphatic hydroxyl groups is 3. The Hall–Kier alpha value is -1.57. The Labute approximate surface area is 220 Å². The van der Waals surface area contributed by atoms with Gasteiger partial charge in [-0.15, -0.1) is 0 Å². The quantitative estimate of drug-likeness (QED) is 0.401. The Morgan fingerprint density at radius 2 is 1.68 bits per heavy atom. The summed E-state index contributed by atoms with van der Waals surface area (Å²) in [7, 11) is 0. The second-order valence-corrected chi connectivity index (χ2v) is 13.8. The van der Waals surface area contributed by atoms with Crippen molar-refractivity contribution < 1.29 is 34.8 Å². The summed E-state index contributed by atoms with van der Waals surface area (Å²) < 4.78 is 0. The van der Waals surface area contributed by atoms with Crippen molar-refractivity contribution in [2.75, 3.05) is 6.61 Å². The van der Waals surface area contributed by atoms with Crippen LogP contribution in [0, 0.1) is 45.3 Å². The molecule has 4 aliphatic rings. The number of rotatable bonds is 7. The van der Waals surface area contributed by atoms with Crippen molar-refractivity contribution in [3.63, 3.8) is 0 Å². The van der Waals surface area contributed by atoms with E-state index in [1.54, 1.807) is 6.92 Å². The van der Waals surface area contributed by atoms with Crippen LogP contribution in [-0.2, 0) is 14.4 Å². The van der Waals surface area contributed by atoms with E-state index < -0.39 is 45.8 Å². The molecule has 0 aromatic rings. The minimum absolute atomic E-state index is 0.00756. The molecule has 0 heterocycles. The average molecular weight is 519 g/mol. The maximum Gasteiger partial charge on any atom is 0.306 e. The van der Waals surface area contributed by atoms with Crippen molar-refractivity contribution >= 4 is 17.5 Å². The highest BCUT2D eigenvalue weighted by Gasteiger charge is 2.68.